The van der Waals surface area contributed by atoms with Gasteiger partial charge in [0.15, 0.2) is 0 Å². The maximum Gasteiger partial charge on any atom is 0.141 e. The van der Waals surface area contributed by atoms with Gasteiger partial charge in [0.25, 0.3) is 0 Å². The summed E-state index contributed by atoms with van der Waals surface area (Å²) in [5.41, 5.74) is 4.85. The molecule has 0 aliphatic heterocycles. The zero-order chi connectivity index (χ0) is 15.6. The number of hydrogen-bond donors (Lipinski definition) is 0. The van der Waals surface area contributed by atoms with Crippen molar-refractivity contribution in [2.75, 3.05) is 14.2 Å². The highest BCUT2D eigenvalue weighted by atomic mass is 79.9. The Morgan fingerprint density at radius 1 is 0.952 bits per heavy atom. The highest BCUT2D eigenvalue weighted by Crippen LogP contribution is 2.45. The van der Waals surface area contributed by atoms with Crippen LogP contribution in [0.4, 0.5) is 0 Å². The van der Waals surface area contributed by atoms with Gasteiger partial charge < -0.3 is 9.47 Å². The number of halogens is 2. The molecule has 2 aromatic rings. The molecule has 0 N–H and O–H groups in total. The summed E-state index contributed by atoms with van der Waals surface area (Å²) in [6.45, 7) is 4.25. The third-order valence-corrected chi connectivity index (χ3v) is 5.29. The molecule has 0 amide bonds. The van der Waals surface area contributed by atoms with Crippen molar-refractivity contribution in [1.82, 2.24) is 0 Å². The maximum absolute atomic E-state index is 5.58. The summed E-state index contributed by atoms with van der Waals surface area (Å²) in [6, 6.07) is 10.3. The van der Waals surface area contributed by atoms with Gasteiger partial charge in [-0.05, 0) is 52.5 Å². The SMILES string of the molecule is COc1ccc(C(Br)c2c(C)cccc2C)c(OC)c1Br. The lowest BCUT2D eigenvalue weighted by Crippen LogP contribution is -2.02. The fourth-order valence-corrected chi connectivity index (χ4v) is 4.27. The molecule has 1 unspecified atom stereocenters. The van der Waals surface area contributed by atoms with Gasteiger partial charge in [-0.15, -0.1) is 0 Å². The second-order valence-corrected chi connectivity index (χ2v) is 6.58. The van der Waals surface area contributed by atoms with Gasteiger partial charge in [-0.2, -0.15) is 0 Å². The van der Waals surface area contributed by atoms with Crippen LogP contribution in [0.15, 0.2) is 34.8 Å². The van der Waals surface area contributed by atoms with E-state index in [1.54, 1.807) is 14.2 Å². The van der Waals surface area contributed by atoms with Crippen LogP contribution in [0.3, 0.4) is 0 Å². The number of aryl methyl sites for hydroxylation is 2. The normalized spacial score (nSPS) is 12.1. The van der Waals surface area contributed by atoms with E-state index >= 15 is 0 Å². The van der Waals surface area contributed by atoms with Crippen LogP contribution >= 0.6 is 31.9 Å². The molecule has 2 nitrogen and oxygen atoms in total. The van der Waals surface area contributed by atoms with Crippen molar-refractivity contribution in [2.45, 2.75) is 18.7 Å². The van der Waals surface area contributed by atoms with Gasteiger partial charge in [-0.3, -0.25) is 0 Å². The fraction of sp³-hybridized carbons (Fsp3) is 0.294. The molecule has 0 fully saturated rings. The summed E-state index contributed by atoms with van der Waals surface area (Å²) < 4.78 is 11.8. The number of ether oxygens (including phenoxy) is 2. The van der Waals surface area contributed by atoms with Gasteiger partial charge in [-0.1, -0.05) is 40.2 Å². The Bertz CT molecular complexity index is 633. The smallest absolute Gasteiger partial charge is 0.141 e. The molecule has 21 heavy (non-hydrogen) atoms. The molecule has 0 spiro atoms. The van der Waals surface area contributed by atoms with E-state index in [-0.39, 0.29) is 4.83 Å². The predicted octanol–water partition coefficient (Wildman–Crippen LogP) is 5.57. The van der Waals surface area contributed by atoms with Crippen LogP contribution in [0.5, 0.6) is 11.5 Å². The molecule has 0 saturated heterocycles. The van der Waals surface area contributed by atoms with Gasteiger partial charge in [0.05, 0.1) is 19.0 Å². The Morgan fingerprint density at radius 3 is 2.10 bits per heavy atom. The van der Waals surface area contributed by atoms with Gasteiger partial charge in [0, 0.05) is 5.56 Å². The van der Waals surface area contributed by atoms with Crippen LogP contribution < -0.4 is 9.47 Å². The predicted molar refractivity (Wildman–Crippen MR) is 93.9 cm³/mol. The highest BCUT2D eigenvalue weighted by Gasteiger charge is 2.22. The van der Waals surface area contributed by atoms with Crippen LogP contribution in [-0.2, 0) is 0 Å². The van der Waals surface area contributed by atoms with Crippen LogP contribution in [0, 0.1) is 13.8 Å². The van der Waals surface area contributed by atoms with E-state index in [1.165, 1.54) is 16.7 Å². The zero-order valence-electron chi connectivity index (χ0n) is 12.5. The first-order chi connectivity index (χ1) is 10.0. The number of rotatable bonds is 4. The van der Waals surface area contributed by atoms with E-state index in [9.17, 15) is 0 Å². The van der Waals surface area contributed by atoms with Gasteiger partial charge in [0.2, 0.25) is 0 Å². The maximum atomic E-state index is 5.58. The van der Waals surface area contributed by atoms with E-state index in [1.807, 2.05) is 12.1 Å². The lowest BCUT2D eigenvalue weighted by Gasteiger charge is -2.20. The van der Waals surface area contributed by atoms with Crippen molar-refractivity contribution in [1.29, 1.82) is 0 Å². The first-order valence-corrected chi connectivity index (χ1v) is 8.32. The zero-order valence-corrected chi connectivity index (χ0v) is 15.7. The molecule has 112 valence electrons. The first-order valence-electron chi connectivity index (χ1n) is 6.61. The van der Waals surface area contributed by atoms with Crippen molar-refractivity contribution in [3.63, 3.8) is 0 Å². The standard InChI is InChI=1S/C17H18Br2O2/c1-10-6-5-7-11(2)14(10)15(18)12-8-9-13(20-3)16(19)17(12)21-4/h5-9,15H,1-4H3. The summed E-state index contributed by atoms with van der Waals surface area (Å²) >= 11 is 7.39. The third-order valence-electron chi connectivity index (χ3n) is 3.58. The second kappa shape index (κ2) is 6.84. The lowest BCUT2D eigenvalue weighted by atomic mass is 9.95. The summed E-state index contributed by atoms with van der Waals surface area (Å²) in [5.74, 6) is 1.55. The quantitative estimate of drug-likeness (QED) is 0.610. The van der Waals surface area contributed by atoms with E-state index in [0.717, 1.165) is 21.5 Å². The first kappa shape index (κ1) is 16.4. The molecule has 0 saturated carbocycles. The Hall–Kier alpha value is -1.00. The van der Waals surface area contributed by atoms with E-state index in [0.29, 0.717) is 0 Å². The average molecular weight is 414 g/mol. The summed E-state index contributed by atoms with van der Waals surface area (Å²) in [5, 5.41) is 0. The number of alkyl halides is 1. The molecule has 2 rings (SSSR count). The van der Waals surface area contributed by atoms with Gasteiger partial charge in [-0.25, -0.2) is 0 Å². The minimum absolute atomic E-state index is 0.0656. The Balaban J connectivity index is 2.59. The number of hydrogen-bond acceptors (Lipinski definition) is 2. The molecule has 0 radical (unpaired) electrons. The number of methoxy groups -OCH3 is 2. The van der Waals surface area contributed by atoms with E-state index in [2.05, 4.69) is 63.9 Å². The van der Waals surface area contributed by atoms with Crippen molar-refractivity contribution in [3.05, 3.63) is 57.1 Å². The van der Waals surface area contributed by atoms with Crippen molar-refractivity contribution >= 4 is 31.9 Å². The fourth-order valence-electron chi connectivity index (χ4n) is 2.50. The molecule has 0 heterocycles. The highest BCUT2D eigenvalue weighted by molar-refractivity contribution is 9.10. The molecule has 0 aromatic heterocycles. The second-order valence-electron chi connectivity index (χ2n) is 4.87. The van der Waals surface area contributed by atoms with Crippen LogP contribution in [0.25, 0.3) is 0 Å². The molecule has 0 aliphatic rings. The number of benzene rings is 2. The molecule has 1 atom stereocenters. The van der Waals surface area contributed by atoms with Crippen LogP contribution in [-0.4, -0.2) is 14.2 Å². The van der Waals surface area contributed by atoms with Gasteiger partial charge >= 0.3 is 0 Å². The molecule has 0 aliphatic carbocycles. The van der Waals surface area contributed by atoms with Gasteiger partial charge in [0.1, 0.15) is 16.0 Å². The van der Waals surface area contributed by atoms with E-state index in [4.69, 9.17) is 9.47 Å². The largest absolute Gasteiger partial charge is 0.495 e. The van der Waals surface area contributed by atoms with Crippen LogP contribution in [0.1, 0.15) is 27.1 Å². The molecule has 2 aromatic carbocycles. The van der Waals surface area contributed by atoms with Crippen LogP contribution in [0.2, 0.25) is 0 Å². The summed E-state index contributed by atoms with van der Waals surface area (Å²) in [6.07, 6.45) is 0. The van der Waals surface area contributed by atoms with E-state index < -0.39 is 0 Å². The lowest BCUT2D eigenvalue weighted by molar-refractivity contribution is 0.386. The third kappa shape index (κ3) is 3.11. The average Bonchev–Trinajstić information content (AvgIpc) is 2.46. The van der Waals surface area contributed by atoms with Crippen molar-refractivity contribution in [3.8, 4) is 11.5 Å². The molecular weight excluding hydrogens is 396 g/mol. The molecule has 0 bridgehead atoms. The topological polar surface area (TPSA) is 18.5 Å². The summed E-state index contributed by atoms with van der Waals surface area (Å²) in [7, 11) is 3.32. The summed E-state index contributed by atoms with van der Waals surface area (Å²) in [4.78, 5) is 0.0656. The molecule has 4 heteroatoms. The Kier molecular flexibility index (Phi) is 5.33. The molecular formula is C17H18Br2O2. The monoisotopic (exact) mass is 412 g/mol. The van der Waals surface area contributed by atoms with Crippen molar-refractivity contribution in [2.24, 2.45) is 0 Å². The minimum atomic E-state index is 0.0656. The van der Waals surface area contributed by atoms with Crippen molar-refractivity contribution < 1.29 is 9.47 Å². The Morgan fingerprint density at radius 2 is 1.57 bits per heavy atom. The Labute approximate surface area is 142 Å². The minimum Gasteiger partial charge on any atom is -0.495 e.